The van der Waals surface area contributed by atoms with E-state index in [0.29, 0.717) is 0 Å². The van der Waals surface area contributed by atoms with Crippen LogP contribution in [0.2, 0.25) is 0 Å². The fraction of sp³-hybridized carbons (Fsp3) is 0.385. The first-order valence-electron chi connectivity index (χ1n) is 5.21. The van der Waals surface area contributed by atoms with Crippen LogP contribution >= 0.6 is 0 Å². The van der Waals surface area contributed by atoms with E-state index in [0.717, 1.165) is 16.8 Å². The van der Waals surface area contributed by atoms with Crippen molar-refractivity contribution in [1.82, 2.24) is 0 Å². The zero-order valence-corrected chi connectivity index (χ0v) is 11.8. The van der Waals surface area contributed by atoms with Crippen LogP contribution in [-0.4, -0.2) is 31.4 Å². The maximum Gasteiger partial charge on any atom is 0.230 e. The highest BCUT2D eigenvalue weighted by Gasteiger charge is 2.23. The summed E-state index contributed by atoms with van der Waals surface area (Å²) in [7, 11) is 4.27. The van der Waals surface area contributed by atoms with Crippen LogP contribution < -0.4 is 21.7 Å². The molecule has 1 atom stereocenters. The monoisotopic (exact) mass is 285 g/mol. The standard InChI is InChI=1S/C13H20NO.BrH/c1-5-11-14(3,4)12(2)15-13-9-7-6-8-10-13;/h5-10,12H,1,11H2,2-4H3;1H/q+1;/p-1. The van der Waals surface area contributed by atoms with Crippen LogP contribution in [0.4, 0.5) is 0 Å². The molecule has 1 aromatic carbocycles. The van der Waals surface area contributed by atoms with Crippen molar-refractivity contribution in [1.29, 1.82) is 0 Å². The quantitative estimate of drug-likeness (QED) is 0.409. The Morgan fingerprint density at radius 2 is 1.88 bits per heavy atom. The Labute approximate surface area is 109 Å². The van der Waals surface area contributed by atoms with Crippen LogP contribution in [0.15, 0.2) is 43.0 Å². The summed E-state index contributed by atoms with van der Waals surface area (Å²) in [6.45, 7) is 6.74. The number of likely N-dealkylation sites (N-methyl/N-ethyl adjacent to an activating group) is 1. The zero-order valence-electron chi connectivity index (χ0n) is 10.2. The van der Waals surface area contributed by atoms with Crippen molar-refractivity contribution in [3.8, 4) is 5.75 Å². The molecule has 16 heavy (non-hydrogen) atoms. The van der Waals surface area contributed by atoms with Gasteiger partial charge in [0, 0.05) is 6.92 Å². The van der Waals surface area contributed by atoms with Crippen molar-refractivity contribution in [2.45, 2.75) is 13.2 Å². The lowest BCUT2D eigenvalue weighted by Crippen LogP contribution is -3.00. The molecule has 0 fully saturated rings. The Balaban J connectivity index is 0.00000225. The average molecular weight is 286 g/mol. The number of para-hydroxylation sites is 1. The summed E-state index contributed by atoms with van der Waals surface area (Å²) in [6, 6.07) is 9.90. The third kappa shape index (κ3) is 4.37. The molecule has 90 valence electrons. The van der Waals surface area contributed by atoms with Gasteiger partial charge in [0.05, 0.1) is 20.6 Å². The van der Waals surface area contributed by atoms with Gasteiger partial charge in [-0.25, -0.2) is 0 Å². The van der Waals surface area contributed by atoms with E-state index in [9.17, 15) is 0 Å². The van der Waals surface area contributed by atoms with Gasteiger partial charge in [0.15, 0.2) is 0 Å². The molecule has 1 rings (SSSR count). The van der Waals surface area contributed by atoms with Gasteiger partial charge in [0.1, 0.15) is 5.75 Å². The minimum atomic E-state index is 0. The second kappa shape index (κ2) is 6.71. The number of nitrogens with zero attached hydrogens (tertiary/aromatic N) is 1. The maximum atomic E-state index is 5.86. The Kier molecular flexibility index (Phi) is 6.38. The first-order chi connectivity index (χ1) is 7.06. The Bertz CT molecular complexity index is 311. The van der Waals surface area contributed by atoms with Gasteiger partial charge in [0.25, 0.3) is 0 Å². The fourth-order valence-corrected chi connectivity index (χ4v) is 1.32. The van der Waals surface area contributed by atoms with Crippen LogP contribution in [0.25, 0.3) is 0 Å². The molecular weight excluding hydrogens is 266 g/mol. The van der Waals surface area contributed by atoms with Crippen molar-refractivity contribution in [2.75, 3.05) is 20.6 Å². The molecule has 0 N–H and O–H groups in total. The predicted molar refractivity (Wildman–Crippen MR) is 63.7 cm³/mol. The highest BCUT2D eigenvalue weighted by molar-refractivity contribution is 5.20. The Hall–Kier alpha value is -0.800. The molecule has 0 aliphatic heterocycles. The SMILES string of the molecule is C=CC[N+](C)(C)C(C)Oc1ccccc1.[Br-]. The van der Waals surface area contributed by atoms with E-state index in [-0.39, 0.29) is 23.2 Å². The summed E-state index contributed by atoms with van der Waals surface area (Å²) in [6.07, 6.45) is 2.04. The lowest BCUT2D eigenvalue weighted by molar-refractivity contribution is -0.925. The summed E-state index contributed by atoms with van der Waals surface area (Å²) < 4.78 is 6.63. The van der Waals surface area contributed by atoms with E-state index in [1.54, 1.807) is 0 Å². The van der Waals surface area contributed by atoms with Crippen molar-refractivity contribution in [3.63, 3.8) is 0 Å². The largest absolute Gasteiger partial charge is 1.00 e. The van der Waals surface area contributed by atoms with Crippen molar-refractivity contribution < 1.29 is 26.2 Å². The lowest BCUT2D eigenvalue weighted by Gasteiger charge is -2.34. The van der Waals surface area contributed by atoms with Gasteiger partial charge in [0.2, 0.25) is 6.23 Å². The van der Waals surface area contributed by atoms with Crippen molar-refractivity contribution >= 4 is 0 Å². The number of hydrogen-bond acceptors (Lipinski definition) is 1. The molecule has 0 saturated heterocycles. The minimum absolute atomic E-state index is 0. The third-order valence-corrected chi connectivity index (χ3v) is 2.63. The molecule has 3 heteroatoms. The molecule has 1 unspecified atom stereocenters. The van der Waals surface area contributed by atoms with E-state index in [2.05, 4.69) is 27.6 Å². The first kappa shape index (κ1) is 15.2. The molecule has 0 amide bonds. The van der Waals surface area contributed by atoms with Gasteiger partial charge in [-0.05, 0) is 18.2 Å². The van der Waals surface area contributed by atoms with Gasteiger partial charge >= 0.3 is 0 Å². The number of rotatable bonds is 5. The molecule has 0 spiro atoms. The van der Waals surface area contributed by atoms with Crippen LogP contribution in [0.5, 0.6) is 5.75 Å². The van der Waals surface area contributed by atoms with E-state index in [4.69, 9.17) is 4.74 Å². The number of halogens is 1. The number of quaternary nitrogens is 1. The van der Waals surface area contributed by atoms with Gasteiger partial charge in [-0.3, -0.25) is 4.48 Å². The summed E-state index contributed by atoms with van der Waals surface area (Å²) in [5.74, 6) is 0.917. The van der Waals surface area contributed by atoms with Crippen molar-refractivity contribution in [2.24, 2.45) is 0 Å². The fourth-order valence-electron chi connectivity index (χ4n) is 1.32. The number of ether oxygens (including phenoxy) is 1. The van der Waals surface area contributed by atoms with Crippen LogP contribution in [0.1, 0.15) is 6.92 Å². The van der Waals surface area contributed by atoms with E-state index in [1.807, 2.05) is 36.4 Å². The van der Waals surface area contributed by atoms with E-state index < -0.39 is 0 Å². The molecule has 0 heterocycles. The summed E-state index contributed by atoms with van der Waals surface area (Å²) in [4.78, 5) is 0. The summed E-state index contributed by atoms with van der Waals surface area (Å²) in [5, 5.41) is 0. The molecule has 0 aliphatic carbocycles. The molecule has 0 radical (unpaired) electrons. The zero-order chi connectivity index (χ0) is 11.3. The summed E-state index contributed by atoms with van der Waals surface area (Å²) in [5.41, 5.74) is 0. The second-order valence-corrected chi connectivity index (χ2v) is 4.28. The van der Waals surface area contributed by atoms with Crippen molar-refractivity contribution in [3.05, 3.63) is 43.0 Å². The third-order valence-electron chi connectivity index (χ3n) is 2.63. The van der Waals surface area contributed by atoms with Gasteiger partial charge in [-0.15, -0.1) is 0 Å². The highest BCUT2D eigenvalue weighted by Crippen LogP contribution is 2.15. The average Bonchev–Trinajstić information content (AvgIpc) is 2.19. The molecule has 1 aromatic rings. The van der Waals surface area contributed by atoms with E-state index >= 15 is 0 Å². The minimum Gasteiger partial charge on any atom is -1.00 e. The predicted octanol–water partition coefficient (Wildman–Crippen LogP) is -0.322. The maximum absolute atomic E-state index is 5.86. The topological polar surface area (TPSA) is 9.23 Å². The van der Waals surface area contributed by atoms with Gasteiger partial charge in [-0.1, -0.05) is 24.8 Å². The molecular formula is C13H20BrNO. The summed E-state index contributed by atoms with van der Waals surface area (Å²) >= 11 is 0. The van der Waals surface area contributed by atoms with Gasteiger partial charge in [-0.2, -0.15) is 0 Å². The Morgan fingerprint density at radius 1 is 1.31 bits per heavy atom. The first-order valence-corrected chi connectivity index (χ1v) is 5.21. The van der Waals surface area contributed by atoms with Crippen LogP contribution in [-0.2, 0) is 0 Å². The van der Waals surface area contributed by atoms with Crippen LogP contribution in [0.3, 0.4) is 0 Å². The molecule has 0 aromatic heterocycles. The normalized spacial score (nSPS) is 12.4. The van der Waals surface area contributed by atoms with Crippen LogP contribution in [0, 0.1) is 0 Å². The second-order valence-electron chi connectivity index (χ2n) is 4.28. The number of hydrogen-bond donors (Lipinski definition) is 0. The Morgan fingerprint density at radius 3 is 2.38 bits per heavy atom. The smallest absolute Gasteiger partial charge is 0.230 e. The highest BCUT2D eigenvalue weighted by atomic mass is 79.9. The molecule has 0 saturated carbocycles. The number of benzene rings is 1. The molecule has 0 aliphatic rings. The molecule has 0 bridgehead atoms. The lowest BCUT2D eigenvalue weighted by atomic mass is 10.3. The van der Waals surface area contributed by atoms with E-state index in [1.165, 1.54) is 0 Å². The van der Waals surface area contributed by atoms with Gasteiger partial charge < -0.3 is 21.7 Å². The molecule has 2 nitrogen and oxygen atoms in total.